The standard InChI is InChI=1S/C11H18N2O3/c1-3-16-10-6-4-5-9(12-10)13-11(2,7-14)8-15/h4-6,14-15H,3,7-8H2,1-2H3,(H,12,13). The number of aliphatic hydroxyl groups is 2. The van der Waals surface area contributed by atoms with Crippen molar-refractivity contribution in [2.45, 2.75) is 19.4 Å². The summed E-state index contributed by atoms with van der Waals surface area (Å²) in [6, 6.07) is 5.31. The van der Waals surface area contributed by atoms with E-state index in [0.29, 0.717) is 18.3 Å². The lowest BCUT2D eigenvalue weighted by Crippen LogP contribution is -2.42. The van der Waals surface area contributed by atoms with Gasteiger partial charge in [0.2, 0.25) is 5.88 Å². The summed E-state index contributed by atoms with van der Waals surface area (Å²) in [4.78, 5) is 4.19. The fraction of sp³-hybridized carbons (Fsp3) is 0.545. The van der Waals surface area contributed by atoms with Crippen LogP contribution in [0, 0.1) is 0 Å². The molecular formula is C11H18N2O3. The number of anilines is 1. The first-order chi connectivity index (χ1) is 7.63. The van der Waals surface area contributed by atoms with E-state index in [1.54, 1.807) is 25.1 Å². The van der Waals surface area contributed by atoms with E-state index >= 15 is 0 Å². The van der Waals surface area contributed by atoms with Gasteiger partial charge in [-0.15, -0.1) is 0 Å². The van der Waals surface area contributed by atoms with Crippen molar-refractivity contribution in [3.8, 4) is 5.88 Å². The van der Waals surface area contributed by atoms with Gasteiger partial charge >= 0.3 is 0 Å². The Morgan fingerprint density at radius 3 is 2.62 bits per heavy atom. The van der Waals surface area contributed by atoms with Crippen molar-refractivity contribution in [2.75, 3.05) is 25.1 Å². The number of nitrogens with one attached hydrogen (secondary N) is 1. The molecule has 90 valence electrons. The van der Waals surface area contributed by atoms with E-state index in [2.05, 4.69) is 10.3 Å². The molecule has 0 saturated carbocycles. The van der Waals surface area contributed by atoms with Crippen LogP contribution in [0.2, 0.25) is 0 Å². The van der Waals surface area contributed by atoms with Crippen LogP contribution in [-0.2, 0) is 0 Å². The van der Waals surface area contributed by atoms with Crippen molar-refractivity contribution in [3.05, 3.63) is 18.2 Å². The molecule has 1 aromatic heterocycles. The van der Waals surface area contributed by atoms with Crippen LogP contribution < -0.4 is 10.1 Å². The van der Waals surface area contributed by atoms with Crippen molar-refractivity contribution in [2.24, 2.45) is 0 Å². The number of hydrogen-bond donors (Lipinski definition) is 3. The minimum Gasteiger partial charge on any atom is -0.478 e. The second-order valence-electron chi connectivity index (χ2n) is 3.80. The molecule has 0 aliphatic heterocycles. The predicted octanol–water partition coefficient (Wildman–Crippen LogP) is 0.635. The third kappa shape index (κ3) is 3.36. The maximum atomic E-state index is 9.14. The van der Waals surface area contributed by atoms with Crippen LogP contribution in [0.15, 0.2) is 18.2 Å². The lowest BCUT2D eigenvalue weighted by molar-refractivity contribution is 0.147. The number of aliphatic hydroxyl groups excluding tert-OH is 2. The van der Waals surface area contributed by atoms with Crippen LogP contribution >= 0.6 is 0 Å². The molecule has 0 aliphatic carbocycles. The Morgan fingerprint density at radius 1 is 1.38 bits per heavy atom. The Hall–Kier alpha value is -1.33. The first kappa shape index (κ1) is 12.7. The average molecular weight is 226 g/mol. The summed E-state index contributed by atoms with van der Waals surface area (Å²) in [7, 11) is 0. The predicted molar refractivity (Wildman–Crippen MR) is 61.6 cm³/mol. The van der Waals surface area contributed by atoms with Gasteiger partial charge in [-0.05, 0) is 19.9 Å². The molecule has 0 saturated heterocycles. The molecule has 0 spiro atoms. The smallest absolute Gasteiger partial charge is 0.215 e. The van der Waals surface area contributed by atoms with Gasteiger partial charge < -0.3 is 20.3 Å². The Morgan fingerprint density at radius 2 is 2.06 bits per heavy atom. The normalized spacial score (nSPS) is 11.2. The van der Waals surface area contributed by atoms with Gasteiger partial charge in [0.15, 0.2) is 0 Å². The fourth-order valence-electron chi connectivity index (χ4n) is 1.15. The van der Waals surface area contributed by atoms with Crippen molar-refractivity contribution >= 4 is 5.82 Å². The molecule has 0 unspecified atom stereocenters. The Balaban J connectivity index is 2.76. The monoisotopic (exact) mass is 226 g/mol. The summed E-state index contributed by atoms with van der Waals surface area (Å²) in [5.41, 5.74) is -0.780. The van der Waals surface area contributed by atoms with E-state index < -0.39 is 5.54 Å². The third-order valence-corrected chi connectivity index (χ3v) is 2.14. The molecule has 5 nitrogen and oxygen atoms in total. The Bertz CT molecular complexity index is 327. The molecule has 3 N–H and O–H groups in total. The van der Waals surface area contributed by atoms with Gasteiger partial charge in [0.05, 0.1) is 25.4 Å². The first-order valence-electron chi connectivity index (χ1n) is 5.23. The molecular weight excluding hydrogens is 208 g/mol. The topological polar surface area (TPSA) is 74.6 Å². The maximum Gasteiger partial charge on any atom is 0.215 e. The van der Waals surface area contributed by atoms with E-state index in [1.165, 1.54) is 0 Å². The van der Waals surface area contributed by atoms with Gasteiger partial charge in [-0.2, -0.15) is 4.98 Å². The summed E-state index contributed by atoms with van der Waals surface area (Å²) in [6.07, 6.45) is 0. The second-order valence-corrected chi connectivity index (χ2v) is 3.80. The minimum absolute atomic E-state index is 0.177. The number of aromatic nitrogens is 1. The number of ether oxygens (including phenoxy) is 1. The van der Waals surface area contributed by atoms with Crippen LogP contribution in [0.1, 0.15) is 13.8 Å². The molecule has 0 radical (unpaired) electrons. The summed E-state index contributed by atoms with van der Waals surface area (Å²) in [6.45, 7) is 3.79. The first-order valence-corrected chi connectivity index (χ1v) is 5.23. The van der Waals surface area contributed by atoms with Crippen LogP contribution in [0.25, 0.3) is 0 Å². The molecule has 0 bridgehead atoms. The van der Waals surface area contributed by atoms with Crippen LogP contribution in [-0.4, -0.2) is 40.6 Å². The van der Waals surface area contributed by atoms with Crippen molar-refractivity contribution in [1.82, 2.24) is 4.98 Å². The summed E-state index contributed by atoms with van der Waals surface area (Å²) in [5, 5.41) is 21.2. The molecule has 16 heavy (non-hydrogen) atoms. The van der Waals surface area contributed by atoms with Gasteiger partial charge in [0, 0.05) is 6.07 Å². The molecule has 0 aliphatic rings. The second kappa shape index (κ2) is 5.67. The van der Waals surface area contributed by atoms with E-state index in [0.717, 1.165) is 0 Å². The quantitative estimate of drug-likeness (QED) is 0.663. The number of hydrogen-bond acceptors (Lipinski definition) is 5. The number of rotatable bonds is 6. The van der Waals surface area contributed by atoms with Gasteiger partial charge in [-0.1, -0.05) is 6.07 Å². The molecule has 0 amide bonds. The summed E-state index contributed by atoms with van der Waals surface area (Å²) in [5.74, 6) is 1.09. The Kier molecular flexibility index (Phi) is 4.52. The molecule has 1 rings (SSSR count). The highest BCUT2D eigenvalue weighted by atomic mass is 16.5. The zero-order valence-corrected chi connectivity index (χ0v) is 9.60. The molecule has 1 heterocycles. The zero-order chi connectivity index (χ0) is 12.0. The van der Waals surface area contributed by atoms with Gasteiger partial charge in [-0.25, -0.2) is 0 Å². The largest absolute Gasteiger partial charge is 0.478 e. The van der Waals surface area contributed by atoms with Gasteiger partial charge in [0.25, 0.3) is 0 Å². The zero-order valence-electron chi connectivity index (χ0n) is 9.60. The molecule has 0 atom stereocenters. The van der Waals surface area contributed by atoms with E-state index in [9.17, 15) is 0 Å². The highest BCUT2D eigenvalue weighted by Gasteiger charge is 2.22. The lowest BCUT2D eigenvalue weighted by Gasteiger charge is -2.26. The van der Waals surface area contributed by atoms with Crippen LogP contribution in [0.3, 0.4) is 0 Å². The van der Waals surface area contributed by atoms with Crippen LogP contribution in [0.5, 0.6) is 5.88 Å². The van der Waals surface area contributed by atoms with Crippen molar-refractivity contribution < 1.29 is 14.9 Å². The third-order valence-electron chi connectivity index (χ3n) is 2.14. The highest BCUT2D eigenvalue weighted by molar-refractivity contribution is 5.39. The van der Waals surface area contributed by atoms with Gasteiger partial charge in [0.1, 0.15) is 5.82 Å². The summed E-state index contributed by atoms with van der Waals surface area (Å²) >= 11 is 0. The van der Waals surface area contributed by atoms with E-state index in [1.807, 2.05) is 6.92 Å². The Labute approximate surface area is 95.1 Å². The minimum atomic E-state index is -0.780. The number of pyridine rings is 1. The van der Waals surface area contributed by atoms with Crippen LogP contribution in [0.4, 0.5) is 5.82 Å². The molecule has 0 aromatic carbocycles. The van der Waals surface area contributed by atoms with Crippen molar-refractivity contribution in [1.29, 1.82) is 0 Å². The summed E-state index contributed by atoms with van der Waals surface area (Å²) < 4.78 is 5.25. The lowest BCUT2D eigenvalue weighted by atomic mass is 10.1. The van der Waals surface area contributed by atoms with E-state index in [-0.39, 0.29) is 13.2 Å². The number of nitrogens with zero attached hydrogens (tertiary/aromatic N) is 1. The molecule has 1 aromatic rings. The SMILES string of the molecule is CCOc1cccc(NC(C)(CO)CO)n1. The maximum absolute atomic E-state index is 9.14. The fourth-order valence-corrected chi connectivity index (χ4v) is 1.15. The molecule has 5 heteroatoms. The molecule has 0 fully saturated rings. The average Bonchev–Trinajstić information content (AvgIpc) is 2.30. The van der Waals surface area contributed by atoms with Crippen molar-refractivity contribution in [3.63, 3.8) is 0 Å². The van der Waals surface area contributed by atoms with E-state index in [4.69, 9.17) is 14.9 Å². The van der Waals surface area contributed by atoms with Gasteiger partial charge in [-0.3, -0.25) is 0 Å². The highest BCUT2D eigenvalue weighted by Crippen LogP contribution is 2.16.